The summed E-state index contributed by atoms with van der Waals surface area (Å²) in [7, 11) is 0. The van der Waals surface area contributed by atoms with Gasteiger partial charge in [0.1, 0.15) is 17.3 Å². The molecule has 0 radical (unpaired) electrons. The predicted molar refractivity (Wildman–Crippen MR) is 91.9 cm³/mol. The molecule has 4 rings (SSSR count). The van der Waals surface area contributed by atoms with Crippen LogP contribution in [0, 0.1) is 0 Å². The van der Waals surface area contributed by atoms with E-state index >= 15 is 0 Å². The van der Waals surface area contributed by atoms with Gasteiger partial charge in [-0.15, -0.1) is 11.6 Å². The highest BCUT2D eigenvalue weighted by atomic mass is 35.5. The number of nitrogens with zero attached hydrogens (tertiary/aromatic N) is 2. The van der Waals surface area contributed by atoms with Crippen molar-refractivity contribution >= 4 is 45.6 Å². The first-order valence-electron chi connectivity index (χ1n) is 7.28. The minimum atomic E-state index is -0.436. The molecule has 0 aliphatic carbocycles. The number of hydrogen-bond acceptors (Lipinski definition) is 4. The second-order valence-electron chi connectivity index (χ2n) is 5.38. The van der Waals surface area contributed by atoms with E-state index in [1.54, 1.807) is 48.5 Å². The lowest BCUT2D eigenvalue weighted by Crippen LogP contribution is -2.21. The number of carbonyl (C=O) groups is 2. The molecular formula is C18H11ClN2O3. The fourth-order valence-corrected chi connectivity index (χ4v) is 3.10. The first-order valence-corrected chi connectivity index (χ1v) is 7.81. The number of halogens is 1. The number of benzene rings is 2. The Labute approximate surface area is 141 Å². The number of Topliss-reactive ketones (excluding diaryl/α,β-unsaturated/α-hetero) is 1. The van der Waals surface area contributed by atoms with Gasteiger partial charge >= 0.3 is 0 Å². The SMILES string of the molecule is O=C1C(c2c(O)c3ccccc3n2C(=O)CCl)=Nc2ccccc21. The van der Waals surface area contributed by atoms with Gasteiger partial charge in [0.2, 0.25) is 11.7 Å². The maximum atomic E-state index is 12.7. The lowest BCUT2D eigenvalue weighted by atomic mass is 10.1. The van der Waals surface area contributed by atoms with Gasteiger partial charge in [0.05, 0.1) is 11.2 Å². The summed E-state index contributed by atoms with van der Waals surface area (Å²) < 4.78 is 1.26. The lowest BCUT2D eigenvalue weighted by molar-refractivity contribution is 0.0944. The van der Waals surface area contributed by atoms with Crippen LogP contribution in [0.1, 0.15) is 20.8 Å². The van der Waals surface area contributed by atoms with Crippen LogP contribution in [-0.2, 0) is 0 Å². The van der Waals surface area contributed by atoms with Crippen molar-refractivity contribution in [1.82, 2.24) is 4.57 Å². The van der Waals surface area contributed by atoms with Crippen molar-refractivity contribution in [2.75, 3.05) is 5.88 Å². The molecule has 1 aromatic heterocycles. The Hall–Kier alpha value is -2.92. The Kier molecular flexibility index (Phi) is 3.25. The predicted octanol–water partition coefficient (Wildman–Crippen LogP) is 3.54. The Morgan fingerprint density at radius 2 is 1.83 bits per heavy atom. The van der Waals surface area contributed by atoms with Crippen molar-refractivity contribution in [3.05, 3.63) is 59.8 Å². The first-order chi connectivity index (χ1) is 11.6. The fraction of sp³-hybridized carbons (Fsp3) is 0.0556. The van der Waals surface area contributed by atoms with Gasteiger partial charge in [0, 0.05) is 10.9 Å². The van der Waals surface area contributed by atoms with Gasteiger partial charge in [-0.05, 0) is 24.3 Å². The van der Waals surface area contributed by atoms with Gasteiger partial charge in [-0.25, -0.2) is 4.99 Å². The summed E-state index contributed by atoms with van der Waals surface area (Å²) in [6.45, 7) is 0. The standard InChI is InChI=1S/C18H11ClN2O3/c19-9-14(22)21-13-8-4-2-6-11(13)18(24)16(21)15-17(23)10-5-1-3-7-12(10)20-15/h1-8,24H,9H2. The topological polar surface area (TPSA) is 71.7 Å². The highest BCUT2D eigenvalue weighted by Crippen LogP contribution is 2.37. The monoisotopic (exact) mass is 338 g/mol. The summed E-state index contributed by atoms with van der Waals surface area (Å²) in [5.41, 5.74) is 1.59. The van der Waals surface area contributed by atoms with E-state index in [1.165, 1.54) is 4.57 Å². The number of fused-ring (bicyclic) bond motifs is 2. The number of aromatic hydroxyl groups is 1. The molecule has 0 saturated carbocycles. The van der Waals surface area contributed by atoms with E-state index in [0.29, 0.717) is 22.2 Å². The molecule has 1 aliphatic rings. The molecule has 24 heavy (non-hydrogen) atoms. The molecular weight excluding hydrogens is 328 g/mol. The van der Waals surface area contributed by atoms with Gasteiger partial charge < -0.3 is 5.11 Å². The Bertz CT molecular complexity index is 1050. The van der Waals surface area contributed by atoms with Crippen LogP contribution >= 0.6 is 11.6 Å². The molecule has 2 heterocycles. The Morgan fingerprint density at radius 1 is 1.12 bits per heavy atom. The smallest absolute Gasteiger partial charge is 0.246 e. The van der Waals surface area contributed by atoms with Crippen molar-refractivity contribution in [2.45, 2.75) is 0 Å². The largest absolute Gasteiger partial charge is 0.505 e. The van der Waals surface area contributed by atoms with Crippen LogP contribution < -0.4 is 0 Å². The molecule has 0 fully saturated rings. The maximum absolute atomic E-state index is 12.7. The number of para-hydroxylation sites is 2. The normalized spacial score (nSPS) is 13.2. The van der Waals surface area contributed by atoms with E-state index in [-0.39, 0.29) is 28.8 Å². The average Bonchev–Trinajstić information content (AvgIpc) is 3.10. The van der Waals surface area contributed by atoms with Crippen molar-refractivity contribution in [1.29, 1.82) is 0 Å². The van der Waals surface area contributed by atoms with Crippen LogP contribution in [0.5, 0.6) is 5.75 Å². The maximum Gasteiger partial charge on any atom is 0.246 e. The number of ketones is 1. The number of aromatic nitrogens is 1. The summed E-state index contributed by atoms with van der Waals surface area (Å²) >= 11 is 5.72. The molecule has 0 bridgehead atoms. The zero-order chi connectivity index (χ0) is 16.8. The fourth-order valence-electron chi connectivity index (χ4n) is 2.98. The Balaban J connectivity index is 2.04. The molecule has 0 atom stereocenters. The molecule has 5 nitrogen and oxygen atoms in total. The number of carbonyl (C=O) groups excluding carboxylic acids is 2. The summed E-state index contributed by atoms with van der Waals surface area (Å²) in [6, 6.07) is 13.8. The Morgan fingerprint density at radius 3 is 2.58 bits per heavy atom. The van der Waals surface area contributed by atoms with Gasteiger partial charge in [-0.3, -0.25) is 14.2 Å². The summed E-state index contributed by atoms with van der Waals surface area (Å²) in [5.74, 6) is -1.19. The molecule has 6 heteroatoms. The zero-order valence-corrected chi connectivity index (χ0v) is 13.1. The molecule has 118 valence electrons. The van der Waals surface area contributed by atoms with E-state index in [9.17, 15) is 14.7 Å². The number of hydrogen-bond donors (Lipinski definition) is 1. The molecule has 3 aromatic rings. The van der Waals surface area contributed by atoms with E-state index in [2.05, 4.69) is 4.99 Å². The molecule has 0 saturated heterocycles. The summed E-state index contributed by atoms with van der Waals surface area (Å²) in [6.07, 6.45) is 0. The molecule has 0 spiro atoms. The van der Waals surface area contributed by atoms with Crippen LogP contribution in [0.15, 0.2) is 53.5 Å². The van der Waals surface area contributed by atoms with E-state index in [1.807, 2.05) is 0 Å². The number of aliphatic imine (C=N–C) groups is 1. The highest BCUT2D eigenvalue weighted by molar-refractivity contribution is 6.55. The molecule has 0 unspecified atom stereocenters. The number of alkyl halides is 1. The third-order valence-electron chi connectivity index (χ3n) is 4.03. The third kappa shape index (κ3) is 1.91. The van der Waals surface area contributed by atoms with Crippen molar-refractivity contribution in [2.24, 2.45) is 4.99 Å². The van der Waals surface area contributed by atoms with Crippen LogP contribution in [-0.4, -0.2) is 33.0 Å². The zero-order valence-electron chi connectivity index (χ0n) is 12.4. The quantitative estimate of drug-likeness (QED) is 0.726. The minimum absolute atomic E-state index is 0.0448. The van der Waals surface area contributed by atoms with Gasteiger partial charge in [0.15, 0.2) is 5.75 Å². The first kappa shape index (κ1) is 14.7. The van der Waals surface area contributed by atoms with Gasteiger partial charge in [-0.1, -0.05) is 24.3 Å². The lowest BCUT2D eigenvalue weighted by Gasteiger charge is -2.07. The average molecular weight is 339 g/mol. The second kappa shape index (κ2) is 5.32. The molecule has 1 N–H and O–H groups in total. The molecule has 0 amide bonds. The van der Waals surface area contributed by atoms with E-state index in [0.717, 1.165) is 0 Å². The van der Waals surface area contributed by atoms with E-state index < -0.39 is 5.91 Å². The minimum Gasteiger partial charge on any atom is -0.505 e. The second-order valence-corrected chi connectivity index (χ2v) is 5.65. The van der Waals surface area contributed by atoms with Crippen molar-refractivity contribution < 1.29 is 14.7 Å². The van der Waals surface area contributed by atoms with Crippen molar-refractivity contribution in [3.63, 3.8) is 0 Å². The van der Waals surface area contributed by atoms with Crippen molar-refractivity contribution in [3.8, 4) is 5.75 Å². The van der Waals surface area contributed by atoms with Gasteiger partial charge in [0.25, 0.3) is 0 Å². The van der Waals surface area contributed by atoms with Crippen LogP contribution in [0.25, 0.3) is 10.9 Å². The molecule has 2 aromatic carbocycles. The molecule has 1 aliphatic heterocycles. The highest BCUT2D eigenvalue weighted by Gasteiger charge is 2.33. The summed E-state index contributed by atoms with van der Waals surface area (Å²) in [5, 5.41) is 11.1. The number of rotatable bonds is 2. The van der Waals surface area contributed by atoms with E-state index in [4.69, 9.17) is 11.6 Å². The van der Waals surface area contributed by atoms with Crippen LogP contribution in [0.4, 0.5) is 5.69 Å². The third-order valence-corrected chi connectivity index (χ3v) is 4.26. The summed E-state index contributed by atoms with van der Waals surface area (Å²) in [4.78, 5) is 29.4. The van der Waals surface area contributed by atoms with Crippen LogP contribution in [0.3, 0.4) is 0 Å². The van der Waals surface area contributed by atoms with Crippen LogP contribution in [0.2, 0.25) is 0 Å². The van der Waals surface area contributed by atoms with Gasteiger partial charge in [-0.2, -0.15) is 0 Å².